The van der Waals surface area contributed by atoms with Crippen LogP contribution in [-0.4, -0.2) is 34.2 Å². The first-order valence-corrected chi connectivity index (χ1v) is 6.56. The molecule has 0 amide bonds. The molecule has 2 rings (SSSR count). The fourth-order valence-corrected chi connectivity index (χ4v) is 1.97. The molecule has 1 aromatic heterocycles. The number of ether oxygens (including phenoxy) is 1. The van der Waals surface area contributed by atoms with E-state index in [1.165, 1.54) is 0 Å². The lowest BCUT2D eigenvalue weighted by molar-refractivity contribution is 0.318. The number of nitrogens with zero attached hydrogens (tertiary/aromatic N) is 3. The van der Waals surface area contributed by atoms with Crippen LogP contribution < -0.4 is 15.8 Å². The molecule has 0 saturated heterocycles. The highest BCUT2D eigenvalue weighted by Gasteiger charge is 2.08. The van der Waals surface area contributed by atoms with Gasteiger partial charge in [0.1, 0.15) is 5.75 Å². The second kappa shape index (κ2) is 7.30. The van der Waals surface area contributed by atoms with E-state index in [9.17, 15) is 0 Å². The zero-order valence-corrected chi connectivity index (χ0v) is 11.9. The van der Waals surface area contributed by atoms with Crippen molar-refractivity contribution in [1.82, 2.24) is 14.9 Å². The van der Waals surface area contributed by atoms with Crippen LogP contribution in [0.2, 0.25) is 0 Å². The first-order valence-electron chi connectivity index (χ1n) is 6.56. The minimum atomic E-state index is 0.0338. The molecule has 0 atom stereocenters. The van der Waals surface area contributed by atoms with E-state index in [4.69, 9.17) is 15.7 Å². The first kappa shape index (κ1) is 14.9. The number of nitrogens with one attached hydrogen (secondary N) is 1. The molecule has 0 spiro atoms. The molecule has 0 aliphatic heterocycles. The fourth-order valence-electron chi connectivity index (χ4n) is 1.97. The normalized spacial score (nSPS) is 11.6. The van der Waals surface area contributed by atoms with Gasteiger partial charge in [-0.3, -0.25) is 0 Å². The third-order valence-electron chi connectivity index (χ3n) is 3.08. The van der Waals surface area contributed by atoms with Crippen molar-refractivity contribution in [2.45, 2.75) is 13.1 Å². The highest BCUT2D eigenvalue weighted by atomic mass is 16.5. The van der Waals surface area contributed by atoms with Crippen LogP contribution in [0.15, 0.2) is 42.1 Å². The van der Waals surface area contributed by atoms with Crippen molar-refractivity contribution in [2.24, 2.45) is 10.9 Å². The molecule has 0 bridgehead atoms. The highest BCUT2D eigenvalue weighted by molar-refractivity contribution is 5.99. The van der Waals surface area contributed by atoms with Gasteiger partial charge >= 0.3 is 0 Å². The van der Waals surface area contributed by atoms with Crippen molar-refractivity contribution in [3.63, 3.8) is 0 Å². The molecule has 1 heterocycles. The van der Waals surface area contributed by atoms with E-state index in [1.54, 1.807) is 25.7 Å². The maximum atomic E-state index is 8.73. The van der Waals surface area contributed by atoms with Crippen LogP contribution in [-0.2, 0) is 13.1 Å². The smallest absolute Gasteiger partial charge is 0.173 e. The molecule has 7 nitrogen and oxygen atoms in total. The standard InChI is InChI=1S/C14H19N5O2/c1-21-13-8-11(2-3-12(13)14(15)18-20)9-16-4-6-19-7-5-17-10-19/h2-3,5,7-8,10,16,20H,4,6,9H2,1H3,(H2,15,18). The molecule has 0 fully saturated rings. The van der Waals surface area contributed by atoms with Crippen LogP contribution in [0.4, 0.5) is 0 Å². The van der Waals surface area contributed by atoms with Gasteiger partial charge < -0.3 is 25.6 Å². The minimum absolute atomic E-state index is 0.0338. The molecule has 0 unspecified atom stereocenters. The number of methoxy groups -OCH3 is 1. The number of oxime groups is 1. The second-order valence-electron chi connectivity index (χ2n) is 4.50. The number of hydrogen-bond acceptors (Lipinski definition) is 5. The van der Waals surface area contributed by atoms with Crippen molar-refractivity contribution in [1.29, 1.82) is 0 Å². The summed E-state index contributed by atoms with van der Waals surface area (Å²) in [4.78, 5) is 3.99. The van der Waals surface area contributed by atoms with Gasteiger partial charge in [0.2, 0.25) is 0 Å². The number of imidazole rings is 1. The highest BCUT2D eigenvalue weighted by Crippen LogP contribution is 2.19. The van der Waals surface area contributed by atoms with Crippen LogP contribution in [0.1, 0.15) is 11.1 Å². The molecule has 2 aromatic rings. The van der Waals surface area contributed by atoms with Crippen LogP contribution in [0.5, 0.6) is 5.75 Å². The van der Waals surface area contributed by atoms with Crippen LogP contribution >= 0.6 is 0 Å². The van der Waals surface area contributed by atoms with E-state index in [0.29, 0.717) is 17.9 Å². The summed E-state index contributed by atoms with van der Waals surface area (Å²) in [6.07, 6.45) is 5.48. The molecular formula is C14H19N5O2. The maximum Gasteiger partial charge on any atom is 0.173 e. The van der Waals surface area contributed by atoms with E-state index >= 15 is 0 Å². The Balaban J connectivity index is 1.91. The van der Waals surface area contributed by atoms with Gasteiger partial charge in [-0.2, -0.15) is 0 Å². The molecule has 0 aliphatic carbocycles. The number of benzene rings is 1. The van der Waals surface area contributed by atoms with Crippen LogP contribution in [0.25, 0.3) is 0 Å². The van der Waals surface area contributed by atoms with Gasteiger partial charge in [-0.15, -0.1) is 0 Å². The van der Waals surface area contributed by atoms with Crippen LogP contribution in [0.3, 0.4) is 0 Å². The van der Waals surface area contributed by atoms with Crippen molar-refractivity contribution in [2.75, 3.05) is 13.7 Å². The molecule has 21 heavy (non-hydrogen) atoms. The minimum Gasteiger partial charge on any atom is -0.496 e. The Labute approximate surface area is 123 Å². The van der Waals surface area contributed by atoms with E-state index in [2.05, 4.69) is 15.5 Å². The molecular weight excluding hydrogens is 270 g/mol. The summed E-state index contributed by atoms with van der Waals surface area (Å²) in [6.45, 7) is 2.40. The lowest BCUT2D eigenvalue weighted by Crippen LogP contribution is -2.19. The largest absolute Gasteiger partial charge is 0.496 e. The summed E-state index contributed by atoms with van der Waals surface area (Å²) in [6, 6.07) is 5.57. The van der Waals surface area contributed by atoms with Gasteiger partial charge in [0.05, 0.1) is 19.0 Å². The Morgan fingerprint density at radius 3 is 3.05 bits per heavy atom. The van der Waals surface area contributed by atoms with E-state index in [-0.39, 0.29) is 5.84 Å². The average Bonchev–Trinajstić information content (AvgIpc) is 3.04. The van der Waals surface area contributed by atoms with Crippen LogP contribution in [0, 0.1) is 0 Å². The Bertz CT molecular complexity index is 595. The van der Waals surface area contributed by atoms with Crippen molar-refractivity contribution < 1.29 is 9.94 Å². The van der Waals surface area contributed by atoms with Crippen molar-refractivity contribution in [3.8, 4) is 5.75 Å². The lowest BCUT2D eigenvalue weighted by Gasteiger charge is -2.10. The maximum absolute atomic E-state index is 8.73. The van der Waals surface area contributed by atoms with Gasteiger partial charge in [0.25, 0.3) is 0 Å². The van der Waals surface area contributed by atoms with Gasteiger partial charge in [-0.25, -0.2) is 4.98 Å². The van der Waals surface area contributed by atoms with Gasteiger partial charge in [-0.1, -0.05) is 11.2 Å². The van der Waals surface area contributed by atoms with Gasteiger partial charge in [0.15, 0.2) is 5.84 Å². The number of nitrogens with two attached hydrogens (primary N) is 1. The number of amidine groups is 1. The first-order chi connectivity index (χ1) is 10.2. The SMILES string of the molecule is COc1cc(CNCCn2ccnc2)ccc1/C(N)=N/O. The molecule has 112 valence electrons. The fraction of sp³-hybridized carbons (Fsp3) is 0.286. The topological polar surface area (TPSA) is 97.7 Å². The zero-order chi connectivity index (χ0) is 15.1. The van der Waals surface area contributed by atoms with E-state index in [1.807, 2.05) is 22.9 Å². The summed E-state index contributed by atoms with van der Waals surface area (Å²) < 4.78 is 7.27. The van der Waals surface area contributed by atoms with Gasteiger partial charge in [-0.05, 0) is 17.7 Å². The summed E-state index contributed by atoms with van der Waals surface area (Å²) >= 11 is 0. The quantitative estimate of drug-likeness (QED) is 0.230. The molecule has 0 saturated carbocycles. The molecule has 0 radical (unpaired) electrons. The Morgan fingerprint density at radius 1 is 1.52 bits per heavy atom. The average molecular weight is 289 g/mol. The predicted molar refractivity (Wildman–Crippen MR) is 79.4 cm³/mol. The third kappa shape index (κ3) is 3.96. The Morgan fingerprint density at radius 2 is 2.38 bits per heavy atom. The van der Waals surface area contributed by atoms with Crippen molar-refractivity contribution in [3.05, 3.63) is 48.0 Å². The third-order valence-corrected chi connectivity index (χ3v) is 3.08. The summed E-state index contributed by atoms with van der Waals surface area (Å²) in [5, 5.41) is 15.1. The summed E-state index contributed by atoms with van der Waals surface area (Å²) in [5.41, 5.74) is 7.23. The second-order valence-corrected chi connectivity index (χ2v) is 4.50. The van der Waals surface area contributed by atoms with E-state index < -0.39 is 0 Å². The van der Waals surface area contributed by atoms with E-state index in [0.717, 1.165) is 18.7 Å². The van der Waals surface area contributed by atoms with Gasteiger partial charge in [0, 0.05) is 32.0 Å². The molecule has 4 N–H and O–H groups in total. The Kier molecular flexibility index (Phi) is 5.16. The predicted octanol–water partition coefficient (Wildman–Crippen LogP) is 0.776. The number of aromatic nitrogens is 2. The zero-order valence-electron chi connectivity index (χ0n) is 11.9. The number of rotatable bonds is 7. The van der Waals surface area contributed by atoms with Crippen molar-refractivity contribution >= 4 is 5.84 Å². The molecule has 7 heteroatoms. The molecule has 0 aliphatic rings. The Hall–Kier alpha value is -2.54. The summed E-state index contributed by atoms with van der Waals surface area (Å²) in [7, 11) is 1.56. The monoisotopic (exact) mass is 289 g/mol. The lowest BCUT2D eigenvalue weighted by atomic mass is 10.1. The molecule has 1 aromatic carbocycles. The number of hydrogen-bond donors (Lipinski definition) is 3. The summed E-state index contributed by atoms with van der Waals surface area (Å²) in [5.74, 6) is 0.616.